The number of halogens is 2. The van der Waals surface area contributed by atoms with E-state index in [2.05, 4.69) is 10.1 Å². The van der Waals surface area contributed by atoms with E-state index in [1.165, 1.54) is 20.8 Å². The van der Waals surface area contributed by atoms with E-state index in [0.29, 0.717) is 0 Å². The molecule has 22 heavy (non-hydrogen) atoms. The number of hydrogen-bond acceptors (Lipinski definition) is 5. The molecule has 0 bridgehead atoms. The smallest absolute Gasteiger partial charge is 0.407 e. The number of hydrogen-bond donors (Lipinski definition) is 2. The number of carbonyl (C=O) groups is 2. The van der Waals surface area contributed by atoms with Crippen LogP contribution in [0, 0.1) is 5.92 Å². The number of carbonyl (C=O) groups excluding carboxylic acids is 2. The molecule has 130 valence electrons. The molecular formula is C14H25F2NO5. The van der Waals surface area contributed by atoms with Crippen LogP contribution in [-0.2, 0) is 14.3 Å². The van der Waals surface area contributed by atoms with E-state index in [1.54, 1.807) is 20.8 Å². The molecule has 0 aromatic heterocycles. The zero-order valence-electron chi connectivity index (χ0n) is 13.8. The van der Waals surface area contributed by atoms with Gasteiger partial charge in [-0.2, -0.15) is 8.78 Å². The van der Waals surface area contributed by atoms with Gasteiger partial charge < -0.3 is 19.9 Å². The van der Waals surface area contributed by atoms with E-state index in [1.807, 2.05) is 0 Å². The SMILES string of the molecule is CCOC(=O)C(F)(F)[C@@H](O)[C@H](NC(=O)OC(C)(C)C)C(C)C. The molecule has 0 aromatic rings. The molecule has 0 saturated carbocycles. The lowest BCUT2D eigenvalue weighted by Gasteiger charge is -2.32. The van der Waals surface area contributed by atoms with Crippen LogP contribution in [0.2, 0.25) is 0 Å². The molecule has 8 heteroatoms. The van der Waals surface area contributed by atoms with Gasteiger partial charge in [0.25, 0.3) is 0 Å². The number of alkyl carbamates (subject to hydrolysis) is 1. The summed E-state index contributed by atoms with van der Waals surface area (Å²) >= 11 is 0. The molecule has 0 spiro atoms. The quantitative estimate of drug-likeness (QED) is 0.731. The van der Waals surface area contributed by atoms with Gasteiger partial charge in [-0.25, -0.2) is 9.59 Å². The lowest BCUT2D eigenvalue weighted by Crippen LogP contribution is -2.57. The lowest BCUT2D eigenvalue weighted by molar-refractivity contribution is -0.192. The van der Waals surface area contributed by atoms with Crippen molar-refractivity contribution in [2.45, 2.75) is 65.2 Å². The monoisotopic (exact) mass is 325 g/mol. The average molecular weight is 325 g/mol. The zero-order valence-corrected chi connectivity index (χ0v) is 13.8. The summed E-state index contributed by atoms with van der Waals surface area (Å²) in [6.45, 7) is 9.01. The summed E-state index contributed by atoms with van der Waals surface area (Å²) in [6.07, 6.45) is -3.39. The predicted octanol–water partition coefficient (Wildman–Crippen LogP) is 2.09. The second-order valence-electron chi connectivity index (χ2n) is 6.20. The van der Waals surface area contributed by atoms with Crippen LogP contribution in [0.15, 0.2) is 0 Å². The fourth-order valence-electron chi connectivity index (χ4n) is 1.63. The first-order valence-electron chi connectivity index (χ1n) is 7.05. The molecule has 0 fully saturated rings. The Morgan fingerprint density at radius 1 is 1.23 bits per heavy atom. The van der Waals surface area contributed by atoms with Gasteiger partial charge in [0, 0.05) is 0 Å². The van der Waals surface area contributed by atoms with Gasteiger partial charge in [0.1, 0.15) is 11.7 Å². The van der Waals surface area contributed by atoms with Crippen LogP contribution in [0.4, 0.5) is 13.6 Å². The van der Waals surface area contributed by atoms with Gasteiger partial charge in [0.2, 0.25) is 0 Å². The van der Waals surface area contributed by atoms with Crippen molar-refractivity contribution in [3.63, 3.8) is 0 Å². The fraction of sp³-hybridized carbons (Fsp3) is 0.857. The highest BCUT2D eigenvalue weighted by Gasteiger charge is 2.52. The summed E-state index contributed by atoms with van der Waals surface area (Å²) in [7, 11) is 0. The minimum atomic E-state index is -4.14. The standard InChI is InChI=1S/C14H25F2NO5/c1-7-21-11(19)14(15,16)10(18)9(8(2)3)17-12(20)22-13(4,5)6/h8-10,18H,7H2,1-6H3,(H,17,20)/t9-,10+/m1/s1. The van der Waals surface area contributed by atoms with E-state index in [0.717, 1.165) is 0 Å². The third-order valence-corrected chi connectivity index (χ3v) is 2.66. The van der Waals surface area contributed by atoms with E-state index in [-0.39, 0.29) is 6.61 Å². The topological polar surface area (TPSA) is 84.9 Å². The molecule has 0 unspecified atom stereocenters. The molecule has 0 saturated heterocycles. The first kappa shape index (κ1) is 20.6. The lowest BCUT2D eigenvalue weighted by atomic mass is 9.94. The Labute approximate surface area is 129 Å². The third-order valence-electron chi connectivity index (χ3n) is 2.66. The van der Waals surface area contributed by atoms with Gasteiger partial charge in [-0.15, -0.1) is 0 Å². The highest BCUT2D eigenvalue weighted by molar-refractivity contribution is 5.78. The molecular weight excluding hydrogens is 300 g/mol. The maximum absolute atomic E-state index is 13.9. The molecule has 0 heterocycles. The molecule has 2 atom stereocenters. The number of ether oxygens (including phenoxy) is 2. The van der Waals surface area contributed by atoms with E-state index in [4.69, 9.17) is 4.74 Å². The first-order valence-corrected chi connectivity index (χ1v) is 7.05. The van der Waals surface area contributed by atoms with Crippen molar-refractivity contribution in [3.05, 3.63) is 0 Å². The number of aliphatic hydroxyl groups excluding tert-OH is 1. The Balaban J connectivity index is 5.09. The summed E-state index contributed by atoms with van der Waals surface area (Å²) in [4.78, 5) is 23.0. The van der Waals surface area contributed by atoms with Gasteiger partial charge in [-0.3, -0.25) is 0 Å². The molecule has 1 amide bonds. The van der Waals surface area contributed by atoms with Crippen LogP contribution in [0.3, 0.4) is 0 Å². The Hall–Kier alpha value is -1.44. The largest absolute Gasteiger partial charge is 0.461 e. The van der Waals surface area contributed by atoms with Crippen molar-refractivity contribution in [1.82, 2.24) is 5.32 Å². The molecule has 0 aliphatic carbocycles. The molecule has 0 aromatic carbocycles. The summed E-state index contributed by atoms with van der Waals surface area (Å²) in [5.41, 5.74) is -0.819. The van der Waals surface area contributed by atoms with Gasteiger partial charge in [0.05, 0.1) is 12.6 Å². The van der Waals surface area contributed by atoms with Gasteiger partial charge in [-0.05, 0) is 33.6 Å². The van der Waals surface area contributed by atoms with Crippen molar-refractivity contribution in [2.75, 3.05) is 6.61 Å². The second kappa shape index (κ2) is 7.71. The van der Waals surface area contributed by atoms with Crippen LogP contribution in [-0.4, -0.2) is 47.4 Å². The van der Waals surface area contributed by atoms with Crippen molar-refractivity contribution in [1.29, 1.82) is 0 Å². The van der Waals surface area contributed by atoms with Crippen LogP contribution in [0.1, 0.15) is 41.5 Å². The number of alkyl halides is 2. The highest BCUT2D eigenvalue weighted by Crippen LogP contribution is 2.26. The van der Waals surface area contributed by atoms with Crippen LogP contribution in [0.5, 0.6) is 0 Å². The normalized spacial score (nSPS) is 15.2. The van der Waals surface area contributed by atoms with Crippen molar-refractivity contribution in [2.24, 2.45) is 5.92 Å². The van der Waals surface area contributed by atoms with Crippen molar-refractivity contribution in [3.8, 4) is 0 Å². The maximum Gasteiger partial charge on any atom is 0.407 e. The molecule has 2 N–H and O–H groups in total. The first-order chi connectivity index (χ1) is 9.82. The van der Waals surface area contributed by atoms with Crippen LogP contribution < -0.4 is 5.32 Å². The van der Waals surface area contributed by atoms with E-state index < -0.39 is 41.6 Å². The number of amides is 1. The van der Waals surface area contributed by atoms with Crippen LogP contribution >= 0.6 is 0 Å². The molecule has 0 rings (SSSR count). The number of nitrogens with one attached hydrogen (secondary N) is 1. The summed E-state index contributed by atoms with van der Waals surface area (Å²) in [5, 5.41) is 12.0. The number of esters is 1. The average Bonchev–Trinajstić information content (AvgIpc) is 2.32. The zero-order chi connectivity index (χ0) is 17.7. The van der Waals surface area contributed by atoms with E-state index >= 15 is 0 Å². The van der Waals surface area contributed by atoms with E-state index in [9.17, 15) is 23.5 Å². The van der Waals surface area contributed by atoms with Gasteiger partial charge >= 0.3 is 18.0 Å². The third kappa shape index (κ3) is 6.13. The Bertz CT molecular complexity index is 393. The maximum atomic E-state index is 13.9. The van der Waals surface area contributed by atoms with Crippen molar-refractivity contribution >= 4 is 12.1 Å². The number of aliphatic hydroxyl groups is 1. The molecule has 0 radical (unpaired) electrons. The second-order valence-corrected chi connectivity index (χ2v) is 6.20. The molecule has 6 nitrogen and oxygen atoms in total. The Kier molecular flexibility index (Phi) is 7.21. The summed E-state index contributed by atoms with van der Waals surface area (Å²) in [6, 6.07) is -1.38. The molecule has 0 aliphatic rings. The van der Waals surface area contributed by atoms with Crippen LogP contribution in [0.25, 0.3) is 0 Å². The Morgan fingerprint density at radius 3 is 2.09 bits per heavy atom. The summed E-state index contributed by atoms with van der Waals surface area (Å²) in [5.74, 6) is -6.54. The minimum absolute atomic E-state index is 0.243. The number of rotatable bonds is 6. The highest BCUT2D eigenvalue weighted by atomic mass is 19.3. The fourth-order valence-corrected chi connectivity index (χ4v) is 1.63. The van der Waals surface area contributed by atoms with Crippen molar-refractivity contribution < 1.29 is 33.0 Å². The summed E-state index contributed by atoms with van der Waals surface area (Å²) < 4.78 is 37.0. The van der Waals surface area contributed by atoms with Gasteiger partial charge in [0.15, 0.2) is 0 Å². The van der Waals surface area contributed by atoms with Gasteiger partial charge in [-0.1, -0.05) is 13.8 Å². The minimum Gasteiger partial charge on any atom is -0.461 e. The Morgan fingerprint density at radius 2 is 1.73 bits per heavy atom. The molecule has 0 aliphatic heterocycles. The predicted molar refractivity (Wildman–Crippen MR) is 75.6 cm³/mol.